The molecule has 0 aliphatic carbocycles. The minimum atomic E-state index is -4.54. The Balaban J connectivity index is 3.25. The van der Waals surface area contributed by atoms with Gasteiger partial charge in [-0.1, -0.05) is 0 Å². The first-order chi connectivity index (χ1) is 7.70. The predicted octanol–water partition coefficient (Wildman–Crippen LogP) is 2.28. The van der Waals surface area contributed by atoms with Gasteiger partial charge in [0, 0.05) is 7.05 Å². The molecule has 1 rings (SSSR count). The van der Waals surface area contributed by atoms with Gasteiger partial charge in [0.1, 0.15) is 6.04 Å². The topological polar surface area (TPSA) is 46.9 Å². The summed E-state index contributed by atoms with van der Waals surface area (Å²) in [5, 5.41) is 5.80. The highest BCUT2D eigenvalue weighted by Gasteiger charge is 2.38. The van der Waals surface area contributed by atoms with E-state index in [0.29, 0.717) is 0 Å². The number of hydrogen-bond donors (Lipinski definition) is 1. The number of likely N-dealkylation sites (N-methyl/N-ethyl adjacent to an activating group) is 1. The highest BCUT2D eigenvalue weighted by molar-refractivity contribution is 9.10. The highest BCUT2D eigenvalue weighted by Crippen LogP contribution is 2.36. The second kappa shape index (κ2) is 4.67. The summed E-state index contributed by atoms with van der Waals surface area (Å²) >= 11 is 2.84. The lowest BCUT2D eigenvalue weighted by molar-refractivity contribution is -0.142. The number of carbonyl (C=O) groups excluding carboxylic acids is 1. The Morgan fingerprint density at radius 2 is 2.06 bits per heavy atom. The number of rotatable bonds is 2. The molecule has 1 heterocycles. The summed E-state index contributed by atoms with van der Waals surface area (Å²) in [5.41, 5.74) is -0.765. The highest BCUT2D eigenvalue weighted by atomic mass is 79.9. The average Bonchev–Trinajstić information content (AvgIpc) is 2.53. The van der Waals surface area contributed by atoms with Crippen molar-refractivity contribution < 1.29 is 18.0 Å². The van der Waals surface area contributed by atoms with Crippen molar-refractivity contribution in [2.24, 2.45) is 0 Å². The fraction of sp³-hybridized carbons (Fsp3) is 0.556. The van der Waals surface area contributed by atoms with E-state index in [4.69, 9.17) is 0 Å². The van der Waals surface area contributed by atoms with Crippen molar-refractivity contribution in [3.05, 3.63) is 15.9 Å². The third-order valence-electron chi connectivity index (χ3n) is 2.34. The molecule has 1 aromatic rings. The molecule has 1 atom stereocenters. The van der Waals surface area contributed by atoms with E-state index >= 15 is 0 Å². The number of halogens is 4. The molecule has 0 saturated carbocycles. The van der Waals surface area contributed by atoms with E-state index in [2.05, 4.69) is 26.3 Å². The molecule has 0 unspecified atom stereocenters. The molecule has 8 heteroatoms. The fourth-order valence-electron chi connectivity index (χ4n) is 1.38. The third kappa shape index (κ3) is 2.62. The van der Waals surface area contributed by atoms with Crippen molar-refractivity contribution in [2.45, 2.75) is 26.1 Å². The smallest absolute Gasteiger partial charge is 0.357 e. The minimum Gasteiger partial charge on any atom is -0.357 e. The number of alkyl halides is 3. The lowest BCUT2D eigenvalue weighted by Crippen LogP contribution is -2.29. The van der Waals surface area contributed by atoms with Gasteiger partial charge in [0.15, 0.2) is 5.69 Å². The first-order valence-corrected chi connectivity index (χ1v) is 5.52. The zero-order valence-corrected chi connectivity index (χ0v) is 11.0. The number of aromatic nitrogens is 2. The van der Waals surface area contributed by atoms with E-state index in [-0.39, 0.29) is 10.2 Å². The maximum atomic E-state index is 12.6. The van der Waals surface area contributed by atoms with E-state index in [9.17, 15) is 18.0 Å². The second-order valence-corrected chi connectivity index (χ2v) is 4.27. The second-order valence-electron chi connectivity index (χ2n) is 3.48. The standard InChI is InChI=1S/C9H11BrF3N3O/c1-4-6(10)7(9(11,12)13)15-16(4)5(2)8(17)14-3/h5H,1-3H3,(H,14,17)/t5-/m1/s1. The molecule has 1 N–H and O–H groups in total. The van der Waals surface area contributed by atoms with Gasteiger partial charge in [-0.25, -0.2) is 0 Å². The molecular formula is C9H11BrF3N3O. The van der Waals surface area contributed by atoms with Crippen LogP contribution in [0.15, 0.2) is 4.47 Å². The summed E-state index contributed by atoms with van der Waals surface area (Å²) in [6.07, 6.45) is -4.54. The normalized spacial score (nSPS) is 13.6. The lowest BCUT2D eigenvalue weighted by Gasteiger charge is -2.12. The number of nitrogens with zero attached hydrogens (tertiary/aromatic N) is 2. The molecule has 0 saturated heterocycles. The SMILES string of the molecule is CNC(=O)[C@@H](C)n1nc(C(F)(F)F)c(Br)c1C. The fourth-order valence-corrected chi connectivity index (χ4v) is 1.86. The number of nitrogens with one attached hydrogen (secondary N) is 1. The Kier molecular flexibility index (Phi) is 3.85. The van der Waals surface area contributed by atoms with E-state index in [0.717, 1.165) is 4.68 Å². The summed E-state index contributed by atoms with van der Waals surface area (Å²) in [6.45, 7) is 2.94. The quantitative estimate of drug-likeness (QED) is 0.910. The zero-order valence-electron chi connectivity index (χ0n) is 9.39. The van der Waals surface area contributed by atoms with Crippen molar-refractivity contribution in [3.8, 4) is 0 Å². The Morgan fingerprint density at radius 3 is 2.41 bits per heavy atom. The molecule has 0 aliphatic heterocycles. The van der Waals surface area contributed by atoms with Gasteiger partial charge >= 0.3 is 6.18 Å². The van der Waals surface area contributed by atoms with Crippen LogP contribution in [0.3, 0.4) is 0 Å². The van der Waals surface area contributed by atoms with Crippen LogP contribution >= 0.6 is 15.9 Å². The molecule has 0 bridgehead atoms. The molecule has 0 spiro atoms. The molecule has 17 heavy (non-hydrogen) atoms. The Hall–Kier alpha value is -1.05. The van der Waals surface area contributed by atoms with Crippen LogP contribution in [0.25, 0.3) is 0 Å². The monoisotopic (exact) mass is 313 g/mol. The number of amides is 1. The lowest BCUT2D eigenvalue weighted by atomic mass is 10.3. The van der Waals surface area contributed by atoms with Gasteiger partial charge in [-0.3, -0.25) is 9.48 Å². The number of hydrogen-bond acceptors (Lipinski definition) is 2. The van der Waals surface area contributed by atoms with Crippen molar-refractivity contribution in [3.63, 3.8) is 0 Å². The first kappa shape index (κ1) is 14.0. The van der Waals surface area contributed by atoms with Gasteiger partial charge < -0.3 is 5.32 Å². The molecule has 4 nitrogen and oxygen atoms in total. The summed E-state index contributed by atoms with van der Waals surface area (Å²) in [6, 6.07) is -0.799. The van der Waals surface area contributed by atoms with Crippen LogP contribution in [-0.4, -0.2) is 22.7 Å². The van der Waals surface area contributed by atoms with Crippen LogP contribution in [-0.2, 0) is 11.0 Å². The zero-order chi connectivity index (χ0) is 13.4. The summed E-state index contributed by atoms with van der Waals surface area (Å²) in [7, 11) is 1.41. The number of carbonyl (C=O) groups is 1. The van der Waals surface area contributed by atoms with Crippen LogP contribution in [0.5, 0.6) is 0 Å². The molecular weight excluding hydrogens is 303 g/mol. The van der Waals surface area contributed by atoms with Crippen molar-refractivity contribution in [1.29, 1.82) is 0 Å². The molecule has 1 aromatic heterocycles. The average molecular weight is 314 g/mol. The minimum absolute atomic E-state index is 0.138. The van der Waals surface area contributed by atoms with Crippen LogP contribution in [0.2, 0.25) is 0 Å². The van der Waals surface area contributed by atoms with Gasteiger partial charge in [-0.2, -0.15) is 18.3 Å². The van der Waals surface area contributed by atoms with Crippen LogP contribution in [0.1, 0.15) is 24.4 Å². The summed E-state index contributed by atoms with van der Waals surface area (Å²) in [5.74, 6) is -0.406. The van der Waals surface area contributed by atoms with Gasteiger partial charge in [0.2, 0.25) is 5.91 Å². The first-order valence-electron chi connectivity index (χ1n) is 4.73. The van der Waals surface area contributed by atoms with E-state index in [1.165, 1.54) is 20.9 Å². The van der Waals surface area contributed by atoms with Gasteiger partial charge in [0.05, 0.1) is 10.2 Å². The molecule has 96 valence electrons. The van der Waals surface area contributed by atoms with E-state index in [1.807, 2.05) is 0 Å². The summed E-state index contributed by atoms with van der Waals surface area (Å²) < 4.78 is 38.7. The van der Waals surface area contributed by atoms with Crippen molar-refractivity contribution in [1.82, 2.24) is 15.1 Å². The Bertz CT molecular complexity index is 441. The van der Waals surface area contributed by atoms with Crippen molar-refractivity contribution in [2.75, 3.05) is 7.05 Å². The Labute approximate surface area is 104 Å². The largest absolute Gasteiger partial charge is 0.436 e. The van der Waals surface area contributed by atoms with Gasteiger partial charge in [-0.15, -0.1) is 0 Å². The van der Waals surface area contributed by atoms with E-state index in [1.54, 1.807) is 0 Å². The summed E-state index contributed by atoms with van der Waals surface area (Å²) in [4.78, 5) is 11.4. The van der Waals surface area contributed by atoms with Crippen LogP contribution in [0, 0.1) is 6.92 Å². The van der Waals surface area contributed by atoms with E-state index < -0.39 is 23.8 Å². The molecule has 0 radical (unpaired) electrons. The Morgan fingerprint density at radius 1 is 1.53 bits per heavy atom. The molecule has 0 aromatic carbocycles. The maximum Gasteiger partial charge on any atom is 0.436 e. The van der Waals surface area contributed by atoms with Gasteiger partial charge in [-0.05, 0) is 29.8 Å². The van der Waals surface area contributed by atoms with Gasteiger partial charge in [0.25, 0.3) is 0 Å². The van der Waals surface area contributed by atoms with Crippen LogP contribution in [0.4, 0.5) is 13.2 Å². The third-order valence-corrected chi connectivity index (χ3v) is 3.29. The molecule has 1 amide bonds. The molecule has 0 fully saturated rings. The predicted molar refractivity (Wildman–Crippen MR) is 58.4 cm³/mol. The van der Waals surface area contributed by atoms with Crippen LogP contribution < -0.4 is 5.32 Å². The molecule has 0 aliphatic rings. The van der Waals surface area contributed by atoms with Crippen molar-refractivity contribution >= 4 is 21.8 Å². The maximum absolute atomic E-state index is 12.6.